The molecule has 0 radical (unpaired) electrons. The predicted molar refractivity (Wildman–Crippen MR) is 68.9 cm³/mol. The van der Waals surface area contributed by atoms with E-state index in [2.05, 4.69) is 20.9 Å². The molecule has 18 heavy (non-hydrogen) atoms. The molecule has 1 fully saturated rings. The van der Waals surface area contributed by atoms with Crippen LogP contribution in [0.5, 0.6) is 5.75 Å². The van der Waals surface area contributed by atoms with Gasteiger partial charge in [0.15, 0.2) is 11.6 Å². The summed E-state index contributed by atoms with van der Waals surface area (Å²) in [7, 11) is 1.42. The second-order valence-corrected chi connectivity index (χ2v) is 5.33. The molecule has 1 aliphatic carbocycles. The number of isocyanates is 1. The van der Waals surface area contributed by atoms with Gasteiger partial charge in [-0.1, -0.05) is 28.8 Å². The molecule has 0 spiro atoms. The number of hydrogen-bond acceptors (Lipinski definition) is 3. The lowest BCUT2D eigenvalue weighted by molar-refractivity contribution is 0.368. The molecule has 96 valence electrons. The second-order valence-electron chi connectivity index (χ2n) is 4.41. The van der Waals surface area contributed by atoms with Crippen molar-refractivity contribution < 1.29 is 13.9 Å². The highest BCUT2D eigenvalue weighted by molar-refractivity contribution is 9.10. The fourth-order valence-electron chi connectivity index (χ4n) is 2.54. The maximum atomic E-state index is 14.3. The van der Waals surface area contributed by atoms with Crippen LogP contribution in [0, 0.1) is 5.82 Å². The Morgan fingerprint density at radius 2 is 2.11 bits per heavy atom. The highest BCUT2D eigenvalue weighted by Gasteiger charge is 2.39. The van der Waals surface area contributed by atoms with Crippen molar-refractivity contribution in [2.75, 3.05) is 7.11 Å². The second kappa shape index (κ2) is 5.21. The van der Waals surface area contributed by atoms with Gasteiger partial charge in [-0.2, -0.15) is 4.99 Å². The number of methoxy groups -OCH3 is 1. The minimum atomic E-state index is -0.775. The number of ether oxygens (including phenoxy) is 1. The molecular weight excluding hydrogens is 301 g/mol. The Hall–Kier alpha value is -1.19. The average molecular weight is 314 g/mol. The third kappa shape index (κ3) is 2.20. The molecule has 0 saturated heterocycles. The van der Waals surface area contributed by atoms with Gasteiger partial charge in [-0.25, -0.2) is 9.18 Å². The predicted octanol–water partition coefficient (Wildman–Crippen LogP) is 3.70. The SMILES string of the molecule is COc1cc(Br)cc(C2(N=C=O)CCCC2)c1F. The monoisotopic (exact) mass is 313 g/mol. The van der Waals surface area contributed by atoms with Crippen LogP contribution in [-0.2, 0) is 10.3 Å². The molecule has 0 heterocycles. The van der Waals surface area contributed by atoms with Crippen molar-refractivity contribution in [2.45, 2.75) is 31.2 Å². The van der Waals surface area contributed by atoms with E-state index in [4.69, 9.17) is 4.74 Å². The lowest BCUT2D eigenvalue weighted by Crippen LogP contribution is -2.21. The van der Waals surface area contributed by atoms with E-state index >= 15 is 0 Å². The lowest BCUT2D eigenvalue weighted by atomic mass is 9.88. The average Bonchev–Trinajstić information content (AvgIpc) is 2.81. The van der Waals surface area contributed by atoms with Gasteiger partial charge in [-0.15, -0.1) is 0 Å². The summed E-state index contributed by atoms with van der Waals surface area (Å²) in [6.07, 6.45) is 4.78. The van der Waals surface area contributed by atoms with Crippen LogP contribution < -0.4 is 4.74 Å². The van der Waals surface area contributed by atoms with Gasteiger partial charge in [0.1, 0.15) is 5.54 Å². The van der Waals surface area contributed by atoms with Crippen LogP contribution in [0.2, 0.25) is 0 Å². The van der Waals surface area contributed by atoms with Gasteiger partial charge in [-0.3, -0.25) is 0 Å². The Labute approximate surface area is 113 Å². The topological polar surface area (TPSA) is 38.7 Å². The summed E-state index contributed by atoms with van der Waals surface area (Å²) in [5, 5.41) is 0. The Bertz CT molecular complexity index is 506. The molecule has 1 saturated carbocycles. The van der Waals surface area contributed by atoms with Crippen molar-refractivity contribution in [1.29, 1.82) is 0 Å². The zero-order valence-corrected chi connectivity index (χ0v) is 11.6. The zero-order chi connectivity index (χ0) is 13.2. The van der Waals surface area contributed by atoms with Crippen LogP contribution >= 0.6 is 15.9 Å². The first kappa shape index (κ1) is 13.2. The number of carbonyl (C=O) groups excluding carboxylic acids is 1. The number of aliphatic imine (C=N–C) groups is 1. The van der Waals surface area contributed by atoms with Gasteiger partial charge in [0.05, 0.1) is 7.11 Å². The summed E-state index contributed by atoms with van der Waals surface area (Å²) >= 11 is 3.32. The summed E-state index contributed by atoms with van der Waals surface area (Å²) in [5.74, 6) is -0.284. The molecule has 0 aromatic heterocycles. The van der Waals surface area contributed by atoms with Gasteiger partial charge >= 0.3 is 0 Å². The van der Waals surface area contributed by atoms with E-state index in [9.17, 15) is 9.18 Å². The standard InChI is InChI=1S/C13H13BrFNO2/c1-18-11-7-9(14)6-10(12(11)15)13(16-8-17)4-2-3-5-13/h6-7H,2-5H2,1H3. The molecule has 0 bridgehead atoms. The van der Waals surface area contributed by atoms with E-state index in [0.29, 0.717) is 22.9 Å². The quantitative estimate of drug-likeness (QED) is 0.630. The number of rotatable bonds is 3. The number of nitrogens with zero attached hydrogens (tertiary/aromatic N) is 1. The summed E-state index contributed by atoms with van der Waals surface area (Å²) in [6.45, 7) is 0. The first-order valence-corrected chi connectivity index (χ1v) is 6.55. The fourth-order valence-corrected chi connectivity index (χ4v) is 2.98. The van der Waals surface area contributed by atoms with Crippen molar-refractivity contribution in [3.05, 3.63) is 28.0 Å². The Balaban J connectivity index is 2.61. The molecular formula is C13H13BrFNO2. The third-order valence-electron chi connectivity index (χ3n) is 3.42. The van der Waals surface area contributed by atoms with Crippen molar-refractivity contribution in [3.8, 4) is 5.75 Å². The normalized spacial score (nSPS) is 17.3. The van der Waals surface area contributed by atoms with E-state index in [-0.39, 0.29) is 5.75 Å². The van der Waals surface area contributed by atoms with E-state index in [1.165, 1.54) is 7.11 Å². The minimum Gasteiger partial charge on any atom is -0.494 e. The molecule has 0 amide bonds. The molecule has 1 aromatic rings. The molecule has 0 unspecified atom stereocenters. The van der Waals surface area contributed by atoms with Crippen LogP contribution in [0.3, 0.4) is 0 Å². The van der Waals surface area contributed by atoms with Crippen molar-refractivity contribution in [1.82, 2.24) is 0 Å². The molecule has 0 N–H and O–H groups in total. The van der Waals surface area contributed by atoms with Crippen molar-refractivity contribution >= 4 is 22.0 Å². The first-order valence-electron chi connectivity index (χ1n) is 5.75. The van der Waals surface area contributed by atoms with Crippen LogP contribution in [0.4, 0.5) is 4.39 Å². The summed E-state index contributed by atoms with van der Waals surface area (Å²) in [6, 6.07) is 3.23. The zero-order valence-electron chi connectivity index (χ0n) is 10.0. The van der Waals surface area contributed by atoms with Gasteiger partial charge in [-0.05, 0) is 25.0 Å². The molecule has 2 rings (SSSR count). The van der Waals surface area contributed by atoms with E-state index in [1.807, 2.05) is 0 Å². The van der Waals surface area contributed by atoms with E-state index in [1.54, 1.807) is 18.2 Å². The van der Waals surface area contributed by atoms with E-state index < -0.39 is 11.4 Å². The minimum absolute atomic E-state index is 0.159. The first-order chi connectivity index (χ1) is 8.63. The smallest absolute Gasteiger partial charge is 0.235 e. The summed E-state index contributed by atoms with van der Waals surface area (Å²) in [4.78, 5) is 14.5. The van der Waals surface area contributed by atoms with Gasteiger partial charge in [0.2, 0.25) is 6.08 Å². The third-order valence-corrected chi connectivity index (χ3v) is 3.87. The van der Waals surface area contributed by atoms with Gasteiger partial charge < -0.3 is 4.74 Å². The van der Waals surface area contributed by atoms with Gasteiger partial charge in [0, 0.05) is 10.0 Å². The maximum absolute atomic E-state index is 14.3. The maximum Gasteiger partial charge on any atom is 0.235 e. The molecule has 1 aromatic carbocycles. The number of halogens is 2. The highest BCUT2D eigenvalue weighted by Crippen LogP contribution is 2.45. The van der Waals surface area contributed by atoms with Gasteiger partial charge in [0.25, 0.3) is 0 Å². The van der Waals surface area contributed by atoms with Crippen LogP contribution in [-0.4, -0.2) is 13.2 Å². The Kier molecular flexibility index (Phi) is 3.83. The molecule has 0 atom stereocenters. The summed E-state index contributed by atoms with van der Waals surface area (Å²) in [5.41, 5.74) is -0.363. The number of benzene rings is 1. The van der Waals surface area contributed by atoms with E-state index in [0.717, 1.165) is 12.8 Å². The molecule has 5 heteroatoms. The largest absolute Gasteiger partial charge is 0.494 e. The Morgan fingerprint density at radius 3 is 2.67 bits per heavy atom. The fraction of sp³-hybridized carbons (Fsp3) is 0.462. The molecule has 1 aliphatic rings. The lowest BCUT2D eigenvalue weighted by Gasteiger charge is -2.24. The molecule has 3 nitrogen and oxygen atoms in total. The molecule has 0 aliphatic heterocycles. The van der Waals surface area contributed by atoms with Crippen LogP contribution in [0.15, 0.2) is 21.6 Å². The van der Waals surface area contributed by atoms with Crippen LogP contribution in [0.25, 0.3) is 0 Å². The van der Waals surface area contributed by atoms with Crippen molar-refractivity contribution in [2.24, 2.45) is 4.99 Å². The highest BCUT2D eigenvalue weighted by atomic mass is 79.9. The summed E-state index contributed by atoms with van der Waals surface area (Å²) < 4.78 is 20.1. The van der Waals surface area contributed by atoms with Crippen molar-refractivity contribution in [3.63, 3.8) is 0 Å². The van der Waals surface area contributed by atoms with Crippen LogP contribution in [0.1, 0.15) is 31.2 Å². The Morgan fingerprint density at radius 1 is 1.44 bits per heavy atom. The number of hydrogen-bond donors (Lipinski definition) is 0.